The molecule has 2 atom stereocenters. The topological polar surface area (TPSA) is 24.5 Å². The van der Waals surface area contributed by atoms with Gasteiger partial charge in [0, 0.05) is 25.2 Å². The molecule has 0 bridgehead atoms. The van der Waals surface area contributed by atoms with E-state index in [-0.39, 0.29) is 5.60 Å². The third kappa shape index (κ3) is 3.20. The van der Waals surface area contributed by atoms with Gasteiger partial charge in [-0.05, 0) is 77.8 Å². The van der Waals surface area contributed by atoms with Crippen molar-refractivity contribution in [3.8, 4) is 0 Å². The van der Waals surface area contributed by atoms with Crippen LogP contribution in [0.1, 0.15) is 58.8 Å². The van der Waals surface area contributed by atoms with Crippen LogP contribution in [0.3, 0.4) is 0 Å². The van der Waals surface area contributed by atoms with Gasteiger partial charge < -0.3 is 10.1 Å². The lowest BCUT2D eigenvalue weighted by Gasteiger charge is -2.51. The van der Waals surface area contributed by atoms with Crippen molar-refractivity contribution in [3.63, 3.8) is 0 Å². The molecule has 1 N–H and O–H groups in total. The fourth-order valence-electron chi connectivity index (χ4n) is 4.36. The summed E-state index contributed by atoms with van der Waals surface area (Å²) in [5.74, 6) is 0.853. The van der Waals surface area contributed by atoms with Gasteiger partial charge in [-0.2, -0.15) is 0 Å². The maximum Gasteiger partial charge on any atom is 0.0697 e. The molecule has 3 nitrogen and oxygen atoms in total. The highest BCUT2D eigenvalue weighted by Crippen LogP contribution is 2.43. The summed E-state index contributed by atoms with van der Waals surface area (Å²) >= 11 is 0. The SMILES string of the molecule is CC(C)N(CC1CCCNC1)C1CCOC2(CCC2)C1. The Kier molecular flexibility index (Phi) is 4.68. The summed E-state index contributed by atoms with van der Waals surface area (Å²) in [6, 6.07) is 1.42. The second-order valence-corrected chi connectivity index (χ2v) is 7.53. The Morgan fingerprint density at radius 1 is 1.25 bits per heavy atom. The van der Waals surface area contributed by atoms with Crippen molar-refractivity contribution in [2.45, 2.75) is 76.5 Å². The smallest absolute Gasteiger partial charge is 0.0697 e. The van der Waals surface area contributed by atoms with Gasteiger partial charge in [0.1, 0.15) is 0 Å². The van der Waals surface area contributed by atoms with Crippen LogP contribution in [0.15, 0.2) is 0 Å². The van der Waals surface area contributed by atoms with E-state index in [1.165, 1.54) is 64.6 Å². The molecule has 1 saturated carbocycles. The van der Waals surface area contributed by atoms with Gasteiger partial charge in [0.25, 0.3) is 0 Å². The van der Waals surface area contributed by atoms with E-state index in [0.29, 0.717) is 6.04 Å². The summed E-state index contributed by atoms with van der Waals surface area (Å²) in [6.45, 7) is 9.46. The lowest BCUT2D eigenvalue weighted by Crippen LogP contribution is -2.55. The first-order valence-corrected chi connectivity index (χ1v) is 8.79. The first-order valence-electron chi connectivity index (χ1n) is 8.79. The van der Waals surface area contributed by atoms with E-state index in [1.54, 1.807) is 0 Å². The molecule has 2 unspecified atom stereocenters. The number of hydrogen-bond donors (Lipinski definition) is 1. The van der Waals surface area contributed by atoms with Crippen LogP contribution >= 0.6 is 0 Å². The standard InChI is InChI=1S/C17H32N2O/c1-14(2)19(13-15-5-3-9-18-12-15)16-6-10-20-17(11-16)7-4-8-17/h14-16,18H,3-13H2,1-2H3. The van der Waals surface area contributed by atoms with Crippen molar-refractivity contribution in [1.82, 2.24) is 10.2 Å². The fraction of sp³-hybridized carbons (Fsp3) is 1.00. The van der Waals surface area contributed by atoms with Crippen molar-refractivity contribution < 1.29 is 4.74 Å². The van der Waals surface area contributed by atoms with E-state index in [9.17, 15) is 0 Å². The highest BCUT2D eigenvalue weighted by atomic mass is 16.5. The predicted molar refractivity (Wildman–Crippen MR) is 83.0 cm³/mol. The van der Waals surface area contributed by atoms with Crippen LogP contribution in [0.4, 0.5) is 0 Å². The van der Waals surface area contributed by atoms with Gasteiger partial charge in [-0.1, -0.05) is 0 Å². The first kappa shape index (κ1) is 14.8. The highest BCUT2D eigenvalue weighted by Gasteiger charge is 2.44. The zero-order valence-electron chi connectivity index (χ0n) is 13.4. The molecule has 3 fully saturated rings. The van der Waals surface area contributed by atoms with Gasteiger partial charge in [-0.15, -0.1) is 0 Å². The first-order chi connectivity index (χ1) is 9.69. The maximum atomic E-state index is 6.11. The van der Waals surface area contributed by atoms with Crippen LogP contribution in [0.25, 0.3) is 0 Å². The molecule has 0 amide bonds. The minimum atomic E-state index is 0.279. The quantitative estimate of drug-likeness (QED) is 0.857. The molecule has 3 heteroatoms. The van der Waals surface area contributed by atoms with E-state index in [1.807, 2.05) is 0 Å². The van der Waals surface area contributed by atoms with Gasteiger partial charge in [-0.3, -0.25) is 4.90 Å². The Balaban J connectivity index is 1.60. The lowest BCUT2D eigenvalue weighted by atomic mass is 9.73. The van der Waals surface area contributed by atoms with Gasteiger partial charge in [-0.25, -0.2) is 0 Å². The minimum absolute atomic E-state index is 0.279. The number of hydrogen-bond acceptors (Lipinski definition) is 3. The number of ether oxygens (including phenoxy) is 1. The molecule has 1 spiro atoms. The lowest BCUT2D eigenvalue weighted by molar-refractivity contribution is -0.152. The average molecular weight is 280 g/mol. The predicted octanol–water partition coefficient (Wildman–Crippen LogP) is 2.80. The molecule has 0 aromatic heterocycles. The summed E-state index contributed by atoms with van der Waals surface area (Å²) in [7, 11) is 0. The molecule has 2 saturated heterocycles. The third-order valence-corrected chi connectivity index (χ3v) is 5.73. The molecule has 0 aromatic carbocycles. The molecule has 20 heavy (non-hydrogen) atoms. The van der Waals surface area contributed by atoms with Crippen molar-refractivity contribution in [2.24, 2.45) is 5.92 Å². The largest absolute Gasteiger partial charge is 0.375 e. The van der Waals surface area contributed by atoms with Crippen LogP contribution in [0, 0.1) is 5.92 Å². The highest BCUT2D eigenvalue weighted by molar-refractivity contribution is 4.97. The van der Waals surface area contributed by atoms with Crippen LogP contribution in [-0.2, 0) is 4.74 Å². The molecule has 3 aliphatic rings. The Bertz CT molecular complexity index is 308. The Morgan fingerprint density at radius 2 is 2.10 bits per heavy atom. The second-order valence-electron chi connectivity index (χ2n) is 7.53. The summed E-state index contributed by atoms with van der Waals surface area (Å²) in [5, 5.41) is 3.57. The number of nitrogens with one attached hydrogen (secondary N) is 1. The molecule has 1 aliphatic carbocycles. The minimum Gasteiger partial charge on any atom is -0.375 e. The zero-order chi connectivity index (χ0) is 14.0. The van der Waals surface area contributed by atoms with Gasteiger partial charge in [0.15, 0.2) is 0 Å². The normalized spacial score (nSPS) is 33.6. The zero-order valence-corrected chi connectivity index (χ0v) is 13.4. The Labute approximate surface area is 124 Å². The van der Waals surface area contributed by atoms with Crippen LogP contribution in [-0.4, -0.2) is 48.8 Å². The van der Waals surface area contributed by atoms with E-state index < -0.39 is 0 Å². The van der Waals surface area contributed by atoms with Crippen LogP contribution in [0.5, 0.6) is 0 Å². The summed E-state index contributed by atoms with van der Waals surface area (Å²) < 4.78 is 6.11. The summed E-state index contributed by atoms with van der Waals surface area (Å²) in [4.78, 5) is 2.79. The van der Waals surface area contributed by atoms with E-state index in [2.05, 4.69) is 24.1 Å². The van der Waals surface area contributed by atoms with E-state index in [0.717, 1.165) is 18.6 Å². The van der Waals surface area contributed by atoms with Gasteiger partial charge in [0.05, 0.1) is 5.60 Å². The number of nitrogens with zero attached hydrogens (tertiary/aromatic N) is 1. The van der Waals surface area contributed by atoms with Crippen molar-refractivity contribution >= 4 is 0 Å². The fourth-order valence-corrected chi connectivity index (χ4v) is 4.36. The Hall–Kier alpha value is -0.120. The van der Waals surface area contributed by atoms with Crippen molar-refractivity contribution in [2.75, 3.05) is 26.2 Å². The van der Waals surface area contributed by atoms with Gasteiger partial charge in [0.2, 0.25) is 0 Å². The number of piperidine rings is 1. The van der Waals surface area contributed by atoms with Crippen LogP contribution < -0.4 is 5.32 Å². The molecule has 0 radical (unpaired) electrons. The number of rotatable bonds is 4. The Morgan fingerprint density at radius 3 is 2.70 bits per heavy atom. The molecule has 3 rings (SSSR count). The summed E-state index contributed by atoms with van der Waals surface area (Å²) in [6.07, 6.45) is 9.27. The van der Waals surface area contributed by atoms with Crippen molar-refractivity contribution in [3.05, 3.63) is 0 Å². The monoisotopic (exact) mass is 280 g/mol. The molecule has 0 aromatic rings. The van der Waals surface area contributed by atoms with E-state index >= 15 is 0 Å². The molecule has 2 aliphatic heterocycles. The van der Waals surface area contributed by atoms with Crippen molar-refractivity contribution in [1.29, 1.82) is 0 Å². The van der Waals surface area contributed by atoms with Crippen LogP contribution in [0.2, 0.25) is 0 Å². The molecular weight excluding hydrogens is 248 g/mol. The third-order valence-electron chi connectivity index (χ3n) is 5.73. The molecule has 116 valence electrons. The van der Waals surface area contributed by atoms with Gasteiger partial charge >= 0.3 is 0 Å². The molecule has 2 heterocycles. The second kappa shape index (κ2) is 6.33. The maximum absolute atomic E-state index is 6.11. The molecular formula is C17H32N2O. The summed E-state index contributed by atoms with van der Waals surface area (Å²) in [5.41, 5.74) is 0.279. The van der Waals surface area contributed by atoms with E-state index in [4.69, 9.17) is 4.74 Å². The average Bonchev–Trinajstić information content (AvgIpc) is 2.44.